The van der Waals surface area contributed by atoms with Crippen LogP contribution in [0.3, 0.4) is 0 Å². The van der Waals surface area contributed by atoms with Gasteiger partial charge in [0.15, 0.2) is 0 Å². The van der Waals surface area contributed by atoms with Crippen molar-refractivity contribution in [1.29, 1.82) is 0 Å². The summed E-state index contributed by atoms with van der Waals surface area (Å²) in [6.45, 7) is 0. The fraction of sp³-hybridized carbons (Fsp3) is 0. The average molecular weight is 318 g/mol. The molecule has 0 radical (unpaired) electrons. The Morgan fingerprint density at radius 1 is 0.952 bits per heavy atom. The number of pyridine rings is 1. The summed E-state index contributed by atoms with van der Waals surface area (Å²) in [4.78, 5) is 23.5. The highest BCUT2D eigenvalue weighted by molar-refractivity contribution is 6.83. The second kappa shape index (κ2) is 5.35. The Morgan fingerprint density at radius 3 is 2.38 bits per heavy atom. The summed E-state index contributed by atoms with van der Waals surface area (Å²) in [6, 6.07) is 14.4. The maximum atomic E-state index is 12.2. The summed E-state index contributed by atoms with van der Waals surface area (Å²) in [5.41, 5.74) is 2.28. The molecule has 0 N–H and O–H groups in total. The van der Waals surface area contributed by atoms with Crippen LogP contribution in [0.2, 0.25) is 5.02 Å². The number of carbonyl (C=O) groups excluding carboxylic acids is 2. The highest BCUT2D eigenvalue weighted by atomic mass is 35.5. The van der Waals surface area contributed by atoms with E-state index in [4.69, 9.17) is 23.2 Å². The van der Waals surface area contributed by atoms with Gasteiger partial charge in [-0.1, -0.05) is 35.9 Å². The highest BCUT2D eigenvalue weighted by Crippen LogP contribution is 2.33. The number of halogens is 2. The molecule has 3 nitrogen and oxygen atoms in total. The SMILES string of the molecule is O=C(Cl)C(=O)c1c(-c2ccccc2Cl)cc2ccccn12. The van der Waals surface area contributed by atoms with Crippen molar-refractivity contribution in [3.63, 3.8) is 0 Å². The Bertz CT molecular complexity index is 868. The minimum absolute atomic E-state index is 0.221. The van der Waals surface area contributed by atoms with E-state index in [1.807, 2.05) is 24.3 Å². The van der Waals surface area contributed by atoms with Gasteiger partial charge >= 0.3 is 0 Å². The van der Waals surface area contributed by atoms with Crippen LogP contribution in [-0.4, -0.2) is 15.4 Å². The molecule has 0 bridgehead atoms. The smallest absolute Gasteiger partial charge is 0.294 e. The number of fused-ring (bicyclic) bond motifs is 1. The molecule has 0 unspecified atom stereocenters. The number of aromatic nitrogens is 1. The quantitative estimate of drug-likeness (QED) is 0.412. The summed E-state index contributed by atoms with van der Waals surface area (Å²) in [6.07, 6.45) is 1.71. The molecule has 0 aliphatic carbocycles. The van der Waals surface area contributed by atoms with Gasteiger partial charge in [0, 0.05) is 27.9 Å². The van der Waals surface area contributed by atoms with Gasteiger partial charge in [0.25, 0.3) is 11.0 Å². The zero-order valence-electron chi connectivity index (χ0n) is 10.7. The minimum atomic E-state index is -1.02. The van der Waals surface area contributed by atoms with Crippen molar-refractivity contribution in [2.75, 3.05) is 0 Å². The monoisotopic (exact) mass is 317 g/mol. The van der Waals surface area contributed by atoms with E-state index >= 15 is 0 Å². The number of Topliss-reactive ketones (excluding diaryl/α,β-unsaturated/α-hetero) is 1. The second-order valence-corrected chi connectivity index (χ2v) is 5.24. The number of benzene rings is 1. The standard InChI is InChI=1S/C16H9Cl2NO2/c17-13-7-2-1-6-11(13)12-9-10-5-3-4-8-19(10)14(12)15(20)16(18)21/h1-9H. The lowest BCUT2D eigenvalue weighted by Gasteiger charge is -2.05. The second-order valence-electron chi connectivity index (χ2n) is 4.48. The van der Waals surface area contributed by atoms with Gasteiger partial charge in [-0.05, 0) is 35.9 Å². The van der Waals surface area contributed by atoms with Gasteiger partial charge in [-0.2, -0.15) is 0 Å². The average Bonchev–Trinajstić information content (AvgIpc) is 2.85. The van der Waals surface area contributed by atoms with Crippen LogP contribution in [0.1, 0.15) is 10.5 Å². The van der Waals surface area contributed by atoms with Crippen LogP contribution < -0.4 is 0 Å². The van der Waals surface area contributed by atoms with E-state index in [9.17, 15) is 9.59 Å². The molecule has 2 heterocycles. The Kier molecular flexibility index (Phi) is 3.53. The molecule has 104 valence electrons. The van der Waals surface area contributed by atoms with Crippen molar-refractivity contribution >= 4 is 39.7 Å². The fourth-order valence-electron chi connectivity index (χ4n) is 2.33. The first-order valence-electron chi connectivity index (χ1n) is 6.19. The lowest BCUT2D eigenvalue weighted by molar-refractivity contribution is -0.108. The summed E-state index contributed by atoms with van der Waals surface area (Å²) in [5.74, 6) is -0.752. The Labute approximate surface area is 130 Å². The van der Waals surface area contributed by atoms with Gasteiger partial charge < -0.3 is 4.40 Å². The van der Waals surface area contributed by atoms with Crippen LogP contribution in [0, 0.1) is 0 Å². The first-order valence-corrected chi connectivity index (χ1v) is 6.94. The van der Waals surface area contributed by atoms with Crippen LogP contribution >= 0.6 is 23.2 Å². The summed E-state index contributed by atoms with van der Waals surface area (Å²) >= 11 is 11.6. The molecular weight excluding hydrogens is 309 g/mol. The van der Waals surface area contributed by atoms with Gasteiger partial charge in [-0.3, -0.25) is 9.59 Å². The van der Waals surface area contributed by atoms with Crippen molar-refractivity contribution in [3.8, 4) is 11.1 Å². The number of carbonyl (C=O) groups is 2. The van der Waals surface area contributed by atoms with Crippen molar-refractivity contribution in [2.24, 2.45) is 0 Å². The molecule has 5 heteroatoms. The zero-order valence-corrected chi connectivity index (χ0v) is 12.2. The molecule has 1 aromatic carbocycles. The zero-order chi connectivity index (χ0) is 15.0. The Balaban J connectivity index is 2.37. The lowest BCUT2D eigenvalue weighted by atomic mass is 10.0. The van der Waals surface area contributed by atoms with Crippen LogP contribution in [0.5, 0.6) is 0 Å². The van der Waals surface area contributed by atoms with Gasteiger partial charge in [-0.15, -0.1) is 0 Å². The van der Waals surface area contributed by atoms with Gasteiger partial charge in [-0.25, -0.2) is 0 Å². The topological polar surface area (TPSA) is 38.5 Å². The maximum absolute atomic E-state index is 12.2. The Morgan fingerprint density at radius 2 is 1.67 bits per heavy atom. The van der Waals surface area contributed by atoms with Crippen molar-refractivity contribution in [1.82, 2.24) is 4.40 Å². The lowest BCUT2D eigenvalue weighted by Crippen LogP contribution is -2.11. The van der Waals surface area contributed by atoms with Crippen LogP contribution in [0.4, 0.5) is 0 Å². The first kappa shape index (κ1) is 13.9. The third-order valence-corrected chi connectivity index (χ3v) is 3.74. The van der Waals surface area contributed by atoms with Gasteiger partial charge in [0.2, 0.25) is 0 Å². The summed E-state index contributed by atoms with van der Waals surface area (Å²) in [7, 11) is 0. The summed E-state index contributed by atoms with van der Waals surface area (Å²) in [5, 5.41) is -0.517. The number of hydrogen-bond acceptors (Lipinski definition) is 2. The molecular formula is C16H9Cl2NO2. The third kappa shape index (κ3) is 2.35. The predicted octanol–water partition coefficient (Wildman–Crippen LogP) is 4.21. The molecule has 21 heavy (non-hydrogen) atoms. The van der Waals surface area contributed by atoms with E-state index in [-0.39, 0.29) is 5.69 Å². The number of nitrogens with zero attached hydrogens (tertiary/aromatic N) is 1. The number of rotatable bonds is 3. The predicted molar refractivity (Wildman–Crippen MR) is 83.0 cm³/mol. The summed E-state index contributed by atoms with van der Waals surface area (Å²) < 4.78 is 1.64. The van der Waals surface area contributed by atoms with Crippen molar-refractivity contribution in [3.05, 3.63) is 65.4 Å². The molecule has 0 spiro atoms. The van der Waals surface area contributed by atoms with Crippen molar-refractivity contribution in [2.45, 2.75) is 0 Å². The highest BCUT2D eigenvalue weighted by Gasteiger charge is 2.23. The van der Waals surface area contributed by atoms with Crippen LogP contribution in [0.25, 0.3) is 16.6 Å². The molecule has 2 aromatic heterocycles. The molecule has 0 aliphatic heterocycles. The van der Waals surface area contributed by atoms with Crippen LogP contribution in [-0.2, 0) is 4.79 Å². The van der Waals surface area contributed by atoms with E-state index in [0.29, 0.717) is 16.1 Å². The van der Waals surface area contributed by atoms with E-state index in [2.05, 4.69) is 0 Å². The molecule has 3 aromatic rings. The molecule has 3 rings (SSSR count). The molecule has 0 atom stereocenters. The molecule has 0 amide bonds. The van der Waals surface area contributed by atoms with Gasteiger partial charge in [0.1, 0.15) is 5.69 Å². The first-order chi connectivity index (χ1) is 10.1. The minimum Gasteiger partial charge on any atom is -0.313 e. The fourth-order valence-corrected chi connectivity index (χ4v) is 2.66. The van der Waals surface area contributed by atoms with E-state index in [1.165, 1.54) is 0 Å². The Hall–Kier alpha value is -2.10. The van der Waals surface area contributed by atoms with Gasteiger partial charge in [0.05, 0.1) is 0 Å². The largest absolute Gasteiger partial charge is 0.313 e. The van der Waals surface area contributed by atoms with Crippen LogP contribution in [0.15, 0.2) is 54.7 Å². The molecule has 0 saturated heterocycles. The molecule has 0 fully saturated rings. The number of hydrogen-bond donors (Lipinski definition) is 0. The molecule has 0 aliphatic rings. The van der Waals surface area contributed by atoms with Crippen molar-refractivity contribution < 1.29 is 9.59 Å². The number of ketones is 1. The third-order valence-electron chi connectivity index (χ3n) is 3.24. The van der Waals surface area contributed by atoms with E-state index in [0.717, 1.165) is 5.52 Å². The molecule has 0 saturated carbocycles. The maximum Gasteiger partial charge on any atom is 0.294 e. The van der Waals surface area contributed by atoms with E-state index < -0.39 is 11.0 Å². The normalized spacial score (nSPS) is 10.8. The van der Waals surface area contributed by atoms with E-state index in [1.54, 1.807) is 34.9 Å².